The van der Waals surface area contributed by atoms with Crippen molar-refractivity contribution >= 4 is 15.8 Å². The second-order valence-electron chi connectivity index (χ2n) is 5.77. The maximum Gasteiger partial charge on any atom is 0.216 e. The van der Waals surface area contributed by atoms with Crippen molar-refractivity contribution in [3.63, 3.8) is 0 Å². The molecular formula is C16H17F2N3O2S. The number of nitrogens with one attached hydrogen (secondary N) is 1. The monoisotopic (exact) mass is 353 g/mol. The van der Waals surface area contributed by atoms with Crippen LogP contribution in [-0.2, 0) is 15.8 Å². The van der Waals surface area contributed by atoms with Crippen molar-refractivity contribution in [3.05, 3.63) is 59.8 Å². The number of rotatable bonds is 5. The van der Waals surface area contributed by atoms with E-state index in [1.165, 1.54) is 0 Å². The molecule has 1 fully saturated rings. The van der Waals surface area contributed by atoms with E-state index in [0.29, 0.717) is 25.6 Å². The number of hydrogen-bond acceptors (Lipinski definition) is 4. The molecular weight excluding hydrogens is 336 g/mol. The van der Waals surface area contributed by atoms with E-state index in [2.05, 4.69) is 9.71 Å². The van der Waals surface area contributed by atoms with E-state index in [-0.39, 0.29) is 11.6 Å². The molecule has 1 saturated heterocycles. The lowest BCUT2D eigenvalue weighted by Gasteiger charge is -2.17. The summed E-state index contributed by atoms with van der Waals surface area (Å²) in [6.07, 6.45) is 2.33. The molecule has 1 unspecified atom stereocenters. The van der Waals surface area contributed by atoms with Crippen LogP contribution in [0.5, 0.6) is 0 Å². The number of hydrogen-bond donors (Lipinski definition) is 1. The molecule has 0 aliphatic carbocycles. The van der Waals surface area contributed by atoms with Gasteiger partial charge >= 0.3 is 0 Å². The number of halogens is 2. The largest absolute Gasteiger partial charge is 0.355 e. The third-order valence-electron chi connectivity index (χ3n) is 3.79. The molecule has 24 heavy (non-hydrogen) atoms. The van der Waals surface area contributed by atoms with Gasteiger partial charge in [0.1, 0.15) is 17.5 Å². The molecule has 0 amide bonds. The molecule has 0 bridgehead atoms. The smallest absolute Gasteiger partial charge is 0.216 e. The van der Waals surface area contributed by atoms with Gasteiger partial charge in [0.15, 0.2) is 0 Å². The molecule has 1 aromatic heterocycles. The number of sulfonamides is 1. The lowest BCUT2D eigenvalue weighted by molar-refractivity contribution is 0.559. The second-order valence-corrected chi connectivity index (χ2v) is 7.53. The Bertz CT molecular complexity index is 795. The standard InChI is InChI=1S/C16H17F2N3O2S/c17-13-7-12(8-14(18)9-13)11-24(22,23)20-15-4-6-21(10-15)16-3-1-2-5-19-16/h1-3,5,7-9,15,20H,4,6,10-11H2. The van der Waals surface area contributed by atoms with E-state index in [0.717, 1.165) is 18.0 Å². The Kier molecular flexibility index (Phi) is 4.77. The maximum atomic E-state index is 13.2. The Morgan fingerprint density at radius 2 is 1.96 bits per heavy atom. The van der Waals surface area contributed by atoms with Gasteiger partial charge in [0.2, 0.25) is 10.0 Å². The zero-order valence-corrected chi connectivity index (χ0v) is 13.6. The van der Waals surface area contributed by atoms with Gasteiger partial charge in [-0.1, -0.05) is 6.07 Å². The lowest BCUT2D eigenvalue weighted by atomic mass is 10.2. The topological polar surface area (TPSA) is 62.3 Å². The summed E-state index contributed by atoms with van der Waals surface area (Å²) in [7, 11) is -3.69. The van der Waals surface area contributed by atoms with Crippen LogP contribution in [0.1, 0.15) is 12.0 Å². The number of benzene rings is 1. The molecule has 0 spiro atoms. The summed E-state index contributed by atoms with van der Waals surface area (Å²) in [5.41, 5.74) is 0.0829. The predicted molar refractivity (Wildman–Crippen MR) is 87.0 cm³/mol. The van der Waals surface area contributed by atoms with Crippen LogP contribution in [0.3, 0.4) is 0 Å². The average molecular weight is 353 g/mol. The molecule has 1 aliphatic rings. The van der Waals surface area contributed by atoms with E-state index >= 15 is 0 Å². The minimum Gasteiger partial charge on any atom is -0.355 e. The first kappa shape index (κ1) is 16.8. The zero-order valence-electron chi connectivity index (χ0n) is 12.8. The van der Waals surface area contributed by atoms with Crippen molar-refractivity contribution in [2.75, 3.05) is 18.0 Å². The SMILES string of the molecule is O=S(=O)(Cc1cc(F)cc(F)c1)NC1CCN(c2ccccn2)C1. The summed E-state index contributed by atoms with van der Waals surface area (Å²) >= 11 is 0. The fourth-order valence-electron chi connectivity index (χ4n) is 2.81. The summed E-state index contributed by atoms with van der Waals surface area (Å²) in [5.74, 6) is -1.24. The summed E-state index contributed by atoms with van der Waals surface area (Å²) in [6.45, 7) is 1.20. The van der Waals surface area contributed by atoms with E-state index in [1.807, 2.05) is 23.1 Å². The Balaban J connectivity index is 1.63. The van der Waals surface area contributed by atoms with Gasteiger partial charge in [-0.2, -0.15) is 0 Å². The highest BCUT2D eigenvalue weighted by Gasteiger charge is 2.27. The van der Waals surface area contributed by atoms with Crippen LogP contribution in [0.25, 0.3) is 0 Å². The molecule has 1 aliphatic heterocycles. The quantitative estimate of drug-likeness (QED) is 0.894. The van der Waals surface area contributed by atoms with Crippen LogP contribution in [0, 0.1) is 11.6 Å². The highest BCUT2D eigenvalue weighted by molar-refractivity contribution is 7.88. The number of anilines is 1. The first-order valence-corrected chi connectivity index (χ1v) is 9.17. The third-order valence-corrected chi connectivity index (χ3v) is 5.19. The van der Waals surface area contributed by atoms with Crippen molar-refractivity contribution in [3.8, 4) is 0 Å². The van der Waals surface area contributed by atoms with E-state index < -0.39 is 27.4 Å². The minimum atomic E-state index is -3.69. The van der Waals surface area contributed by atoms with Crippen LogP contribution in [0.4, 0.5) is 14.6 Å². The van der Waals surface area contributed by atoms with Crippen molar-refractivity contribution in [1.82, 2.24) is 9.71 Å². The van der Waals surface area contributed by atoms with Crippen LogP contribution >= 0.6 is 0 Å². The Hall–Kier alpha value is -2.06. The predicted octanol–water partition coefficient (Wildman–Crippen LogP) is 2.06. The van der Waals surface area contributed by atoms with Crippen LogP contribution in [0.15, 0.2) is 42.6 Å². The van der Waals surface area contributed by atoms with Crippen molar-refractivity contribution in [1.29, 1.82) is 0 Å². The third kappa shape index (κ3) is 4.27. The van der Waals surface area contributed by atoms with Gasteiger partial charge in [-0.3, -0.25) is 0 Å². The molecule has 128 valence electrons. The highest BCUT2D eigenvalue weighted by atomic mass is 32.2. The van der Waals surface area contributed by atoms with Gasteiger partial charge in [0.25, 0.3) is 0 Å². The first-order chi connectivity index (χ1) is 11.4. The highest BCUT2D eigenvalue weighted by Crippen LogP contribution is 2.18. The Morgan fingerprint density at radius 1 is 1.21 bits per heavy atom. The molecule has 3 rings (SSSR count). The molecule has 8 heteroatoms. The molecule has 2 aromatic rings. The molecule has 5 nitrogen and oxygen atoms in total. The Labute approximate surface area is 139 Å². The average Bonchev–Trinajstić information content (AvgIpc) is 2.94. The van der Waals surface area contributed by atoms with Crippen LogP contribution in [-0.4, -0.2) is 32.5 Å². The van der Waals surface area contributed by atoms with Gasteiger partial charge in [-0.05, 0) is 36.2 Å². The lowest BCUT2D eigenvalue weighted by Crippen LogP contribution is -2.37. The number of aromatic nitrogens is 1. The molecule has 0 radical (unpaired) electrons. The fraction of sp³-hybridized carbons (Fsp3) is 0.312. The van der Waals surface area contributed by atoms with E-state index in [4.69, 9.17) is 0 Å². The van der Waals surface area contributed by atoms with Gasteiger partial charge in [0, 0.05) is 31.4 Å². The van der Waals surface area contributed by atoms with Gasteiger partial charge in [-0.15, -0.1) is 0 Å². The molecule has 1 aromatic carbocycles. The summed E-state index contributed by atoms with van der Waals surface area (Å²) < 4.78 is 53.4. The normalized spacial score (nSPS) is 18.1. The van der Waals surface area contributed by atoms with Crippen LogP contribution < -0.4 is 9.62 Å². The number of pyridine rings is 1. The fourth-order valence-corrected chi connectivity index (χ4v) is 4.20. The van der Waals surface area contributed by atoms with Crippen molar-refractivity contribution < 1.29 is 17.2 Å². The minimum absolute atomic E-state index is 0.0829. The van der Waals surface area contributed by atoms with Crippen molar-refractivity contribution in [2.45, 2.75) is 18.2 Å². The summed E-state index contributed by atoms with van der Waals surface area (Å²) in [5, 5.41) is 0. The van der Waals surface area contributed by atoms with Gasteiger partial charge < -0.3 is 4.90 Å². The summed E-state index contributed by atoms with van der Waals surface area (Å²) in [4.78, 5) is 6.24. The molecule has 2 heterocycles. The Morgan fingerprint density at radius 3 is 2.62 bits per heavy atom. The van der Waals surface area contributed by atoms with E-state index in [9.17, 15) is 17.2 Å². The summed E-state index contributed by atoms with van der Waals surface area (Å²) in [6, 6.07) is 8.07. The molecule has 1 atom stereocenters. The number of nitrogens with zero attached hydrogens (tertiary/aromatic N) is 2. The van der Waals surface area contributed by atoms with Gasteiger partial charge in [0.05, 0.1) is 5.75 Å². The molecule has 1 N–H and O–H groups in total. The van der Waals surface area contributed by atoms with E-state index in [1.54, 1.807) is 6.20 Å². The zero-order chi connectivity index (χ0) is 17.2. The first-order valence-electron chi connectivity index (χ1n) is 7.52. The molecule has 0 saturated carbocycles. The van der Waals surface area contributed by atoms with Crippen molar-refractivity contribution in [2.24, 2.45) is 0 Å². The second kappa shape index (κ2) is 6.82. The van der Waals surface area contributed by atoms with Gasteiger partial charge in [-0.25, -0.2) is 26.9 Å². The maximum absolute atomic E-state index is 13.2. The van der Waals surface area contributed by atoms with Crippen LogP contribution in [0.2, 0.25) is 0 Å².